The molecule has 32 heavy (non-hydrogen) atoms. The van der Waals surface area contributed by atoms with Crippen molar-refractivity contribution in [2.45, 2.75) is 19.6 Å². The Morgan fingerprint density at radius 1 is 0.812 bits per heavy atom. The van der Waals surface area contributed by atoms with Gasteiger partial charge in [0.25, 0.3) is 0 Å². The van der Waals surface area contributed by atoms with Crippen LogP contribution in [0.4, 0.5) is 0 Å². The Hall–Kier alpha value is -4.20. The molecule has 1 fully saturated rings. The molecule has 164 valence electrons. The zero-order valence-electron chi connectivity index (χ0n) is 17.2. The molecule has 3 aromatic rings. The topological polar surface area (TPSA) is 115 Å². The molecule has 2 N–H and O–H groups in total. The van der Waals surface area contributed by atoms with Gasteiger partial charge in [-0.1, -0.05) is 60.7 Å². The Balaban J connectivity index is 0.000000182. The number of benzene rings is 2. The number of rotatable bonds is 6. The highest BCUT2D eigenvalue weighted by atomic mass is 16.5. The molecule has 1 aromatic heterocycles. The SMILES string of the molecule is O=C(OCc1ccccc1)c1ccc[nH]1.O=C1CC(C(=O)OCc2ccccc2)C(=O)N1. The van der Waals surface area contributed by atoms with Crippen molar-refractivity contribution < 1.29 is 28.7 Å². The minimum absolute atomic E-state index is 0.109. The molecule has 8 nitrogen and oxygen atoms in total. The number of hydrogen-bond acceptors (Lipinski definition) is 6. The molecule has 0 spiro atoms. The van der Waals surface area contributed by atoms with Crippen LogP contribution >= 0.6 is 0 Å². The first-order valence-corrected chi connectivity index (χ1v) is 9.91. The van der Waals surface area contributed by atoms with Gasteiger partial charge in [0.2, 0.25) is 11.8 Å². The molecule has 1 saturated heterocycles. The van der Waals surface area contributed by atoms with Crippen molar-refractivity contribution in [1.29, 1.82) is 0 Å². The third-order valence-corrected chi connectivity index (χ3v) is 4.51. The van der Waals surface area contributed by atoms with Crippen LogP contribution in [0.25, 0.3) is 0 Å². The average Bonchev–Trinajstić information content (AvgIpc) is 3.47. The van der Waals surface area contributed by atoms with E-state index in [1.54, 1.807) is 18.3 Å². The van der Waals surface area contributed by atoms with Gasteiger partial charge in [-0.3, -0.25) is 19.7 Å². The number of aromatic nitrogens is 1. The molecule has 1 aliphatic heterocycles. The highest BCUT2D eigenvalue weighted by molar-refractivity contribution is 6.12. The van der Waals surface area contributed by atoms with E-state index in [-0.39, 0.29) is 19.0 Å². The van der Waals surface area contributed by atoms with Crippen LogP contribution in [0.1, 0.15) is 28.0 Å². The lowest BCUT2D eigenvalue weighted by Gasteiger charge is -2.07. The minimum atomic E-state index is -0.994. The summed E-state index contributed by atoms with van der Waals surface area (Å²) in [6.07, 6.45) is 1.57. The van der Waals surface area contributed by atoms with Crippen LogP contribution in [0.5, 0.6) is 0 Å². The number of carbonyl (C=O) groups is 4. The standard InChI is InChI=1S/C12H11NO4.C12H11NO2/c14-10-6-9(11(15)13-10)12(16)17-7-8-4-2-1-3-5-8;14-12(11-7-4-8-13-11)15-9-10-5-2-1-3-6-10/h1-5,9H,6-7H2,(H,13,14,15);1-8,13H,9H2. The summed E-state index contributed by atoms with van der Waals surface area (Å²) in [5.74, 6) is -2.99. The van der Waals surface area contributed by atoms with Gasteiger partial charge in [0.15, 0.2) is 0 Å². The van der Waals surface area contributed by atoms with Crippen LogP contribution < -0.4 is 5.32 Å². The number of imide groups is 1. The zero-order valence-corrected chi connectivity index (χ0v) is 17.2. The lowest BCUT2D eigenvalue weighted by atomic mass is 10.1. The van der Waals surface area contributed by atoms with Gasteiger partial charge in [-0.2, -0.15) is 0 Å². The van der Waals surface area contributed by atoms with E-state index < -0.39 is 23.7 Å². The Kier molecular flexibility index (Phi) is 7.91. The van der Waals surface area contributed by atoms with Gasteiger partial charge in [-0.05, 0) is 23.3 Å². The summed E-state index contributed by atoms with van der Waals surface area (Å²) >= 11 is 0. The molecular formula is C24H22N2O6. The highest BCUT2D eigenvalue weighted by Gasteiger charge is 2.37. The molecule has 4 rings (SSSR count). The monoisotopic (exact) mass is 434 g/mol. The Labute approximate surface area is 184 Å². The molecule has 0 saturated carbocycles. The van der Waals surface area contributed by atoms with E-state index in [9.17, 15) is 19.2 Å². The number of ether oxygens (including phenoxy) is 2. The van der Waals surface area contributed by atoms with Crippen LogP contribution in [0.2, 0.25) is 0 Å². The predicted octanol–water partition coefficient (Wildman–Crippen LogP) is 2.76. The van der Waals surface area contributed by atoms with Gasteiger partial charge in [-0.25, -0.2) is 4.79 Å². The van der Waals surface area contributed by atoms with Gasteiger partial charge in [0, 0.05) is 12.6 Å². The summed E-state index contributed by atoms with van der Waals surface area (Å²) in [6.45, 7) is 0.413. The maximum atomic E-state index is 11.5. The molecule has 0 bridgehead atoms. The fraction of sp³-hybridized carbons (Fsp3) is 0.167. The maximum Gasteiger partial charge on any atom is 0.355 e. The first kappa shape index (κ1) is 22.5. The van der Waals surface area contributed by atoms with Crippen molar-refractivity contribution in [3.05, 3.63) is 95.8 Å². The zero-order chi connectivity index (χ0) is 22.8. The summed E-state index contributed by atoms with van der Waals surface area (Å²) in [6, 6.07) is 22.2. The van der Waals surface area contributed by atoms with Gasteiger partial charge >= 0.3 is 11.9 Å². The quantitative estimate of drug-likeness (QED) is 0.350. The molecule has 0 radical (unpaired) electrons. The molecular weight excluding hydrogens is 412 g/mol. The van der Waals surface area contributed by atoms with Crippen molar-refractivity contribution >= 4 is 23.8 Å². The third kappa shape index (κ3) is 6.66. The van der Waals surface area contributed by atoms with Crippen molar-refractivity contribution in [2.75, 3.05) is 0 Å². The maximum absolute atomic E-state index is 11.5. The van der Waals surface area contributed by atoms with E-state index in [2.05, 4.69) is 10.3 Å². The average molecular weight is 434 g/mol. The second-order valence-electron chi connectivity index (χ2n) is 6.91. The first-order valence-electron chi connectivity index (χ1n) is 9.91. The molecule has 8 heteroatoms. The number of amides is 2. The smallest absolute Gasteiger partial charge is 0.355 e. The minimum Gasteiger partial charge on any atom is -0.460 e. The van der Waals surface area contributed by atoms with Crippen LogP contribution in [0.15, 0.2) is 79.0 Å². The summed E-state index contributed by atoms with van der Waals surface area (Å²) < 4.78 is 10.1. The van der Waals surface area contributed by atoms with E-state index in [1.807, 2.05) is 60.7 Å². The van der Waals surface area contributed by atoms with Crippen molar-refractivity contribution in [1.82, 2.24) is 10.3 Å². The number of carbonyl (C=O) groups excluding carboxylic acids is 4. The largest absolute Gasteiger partial charge is 0.460 e. The van der Waals surface area contributed by atoms with E-state index in [0.717, 1.165) is 11.1 Å². The van der Waals surface area contributed by atoms with Crippen molar-refractivity contribution in [3.8, 4) is 0 Å². The molecule has 1 atom stereocenters. The molecule has 1 aliphatic rings. The molecule has 2 aromatic carbocycles. The van der Waals surface area contributed by atoms with Crippen LogP contribution in [-0.4, -0.2) is 28.7 Å². The Morgan fingerprint density at radius 3 is 1.91 bits per heavy atom. The van der Waals surface area contributed by atoms with E-state index >= 15 is 0 Å². The molecule has 1 unspecified atom stereocenters. The summed E-state index contributed by atoms with van der Waals surface area (Å²) in [5.41, 5.74) is 2.30. The van der Waals surface area contributed by atoms with Gasteiger partial charge in [0.05, 0.1) is 0 Å². The normalized spacial score (nSPS) is 14.7. The Bertz CT molecular complexity index is 1050. The van der Waals surface area contributed by atoms with E-state index in [0.29, 0.717) is 12.3 Å². The van der Waals surface area contributed by atoms with Crippen LogP contribution in [0.3, 0.4) is 0 Å². The van der Waals surface area contributed by atoms with E-state index in [1.165, 1.54) is 0 Å². The fourth-order valence-corrected chi connectivity index (χ4v) is 2.83. The number of hydrogen-bond donors (Lipinski definition) is 2. The molecule has 0 aliphatic carbocycles. The van der Waals surface area contributed by atoms with Gasteiger partial charge < -0.3 is 14.5 Å². The Morgan fingerprint density at radius 2 is 1.41 bits per heavy atom. The summed E-state index contributed by atoms with van der Waals surface area (Å²) in [4.78, 5) is 47.9. The van der Waals surface area contributed by atoms with Crippen molar-refractivity contribution in [2.24, 2.45) is 5.92 Å². The fourth-order valence-electron chi connectivity index (χ4n) is 2.83. The van der Waals surface area contributed by atoms with Crippen molar-refractivity contribution in [3.63, 3.8) is 0 Å². The van der Waals surface area contributed by atoms with Gasteiger partial charge in [0.1, 0.15) is 24.8 Å². The summed E-state index contributed by atoms with van der Waals surface area (Å²) in [7, 11) is 0. The third-order valence-electron chi connectivity index (χ3n) is 4.51. The van der Waals surface area contributed by atoms with Crippen LogP contribution in [-0.2, 0) is 37.1 Å². The number of nitrogens with one attached hydrogen (secondary N) is 2. The molecule has 2 amide bonds. The lowest BCUT2D eigenvalue weighted by molar-refractivity contribution is -0.152. The number of H-pyrrole nitrogens is 1. The first-order chi connectivity index (χ1) is 15.5. The number of esters is 2. The number of aromatic amines is 1. The summed E-state index contributed by atoms with van der Waals surface area (Å²) in [5, 5.41) is 2.07. The molecule has 2 heterocycles. The predicted molar refractivity (Wildman–Crippen MR) is 114 cm³/mol. The second kappa shape index (κ2) is 11.3. The van der Waals surface area contributed by atoms with Gasteiger partial charge in [-0.15, -0.1) is 0 Å². The lowest BCUT2D eigenvalue weighted by Crippen LogP contribution is -2.27. The van der Waals surface area contributed by atoms with E-state index in [4.69, 9.17) is 9.47 Å². The highest BCUT2D eigenvalue weighted by Crippen LogP contribution is 2.13. The van der Waals surface area contributed by atoms with Crippen LogP contribution in [0, 0.1) is 5.92 Å². The second-order valence-corrected chi connectivity index (χ2v) is 6.91.